The van der Waals surface area contributed by atoms with E-state index in [-0.39, 0.29) is 5.60 Å². The molecule has 1 atom stereocenters. The lowest BCUT2D eigenvalue weighted by Crippen LogP contribution is -2.41. The quantitative estimate of drug-likeness (QED) is 0.535. The van der Waals surface area contributed by atoms with Crippen LogP contribution < -0.4 is 0 Å². The van der Waals surface area contributed by atoms with Crippen LogP contribution in [0.4, 0.5) is 0 Å². The van der Waals surface area contributed by atoms with E-state index in [9.17, 15) is 0 Å². The monoisotopic (exact) mass is 164 g/mol. The van der Waals surface area contributed by atoms with Gasteiger partial charge in [0.15, 0.2) is 0 Å². The molecule has 0 unspecified atom stereocenters. The van der Waals surface area contributed by atoms with E-state index >= 15 is 0 Å². The van der Waals surface area contributed by atoms with E-state index < -0.39 is 0 Å². The molecule has 0 aromatic rings. The maximum absolute atomic E-state index is 5.22. The Morgan fingerprint density at radius 1 is 1.86 bits per heavy atom. The van der Waals surface area contributed by atoms with Crippen molar-refractivity contribution in [2.24, 2.45) is 0 Å². The molecule has 2 heteroatoms. The molecule has 0 bridgehead atoms. The molecule has 1 heterocycles. The lowest BCUT2D eigenvalue weighted by Gasteiger charge is -2.36. The first-order valence-electron chi connectivity index (χ1n) is 2.47. The minimum atomic E-state index is 0.181. The van der Waals surface area contributed by atoms with Crippen LogP contribution in [0.3, 0.4) is 0 Å². The van der Waals surface area contributed by atoms with Crippen LogP contribution in [0.5, 0.6) is 0 Å². The Labute approximate surface area is 52.2 Å². The Bertz CT molecular complexity index is 63.0. The van der Waals surface area contributed by atoms with Gasteiger partial charge in [0.05, 0.1) is 12.2 Å². The molecule has 0 aromatic carbocycles. The second kappa shape index (κ2) is 1.75. The molecule has 0 saturated carbocycles. The fourth-order valence-corrected chi connectivity index (χ4v) is 0.998. The van der Waals surface area contributed by atoms with E-state index in [0.29, 0.717) is 0 Å². The first-order chi connectivity index (χ1) is 3.27. The summed E-state index contributed by atoms with van der Waals surface area (Å²) in [6.07, 6.45) is 1.21. The zero-order valence-corrected chi connectivity index (χ0v) is 5.99. The number of hydrogen-bond donors (Lipinski definition) is 0. The summed E-state index contributed by atoms with van der Waals surface area (Å²) in [5.74, 6) is 0. The van der Waals surface area contributed by atoms with Crippen molar-refractivity contribution >= 4 is 15.9 Å². The van der Waals surface area contributed by atoms with Gasteiger partial charge in [-0.25, -0.2) is 0 Å². The Morgan fingerprint density at radius 3 is 2.43 bits per heavy atom. The third kappa shape index (κ3) is 0.970. The average molecular weight is 165 g/mol. The summed E-state index contributed by atoms with van der Waals surface area (Å²) in [5.41, 5.74) is 0.181. The maximum atomic E-state index is 5.22. The number of alkyl halides is 1. The van der Waals surface area contributed by atoms with Gasteiger partial charge in [-0.3, -0.25) is 0 Å². The molecule has 0 aromatic heterocycles. The van der Waals surface area contributed by atoms with Gasteiger partial charge in [-0.05, 0) is 6.92 Å². The molecule has 0 radical (unpaired) electrons. The Kier molecular flexibility index (Phi) is 1.39. The predicted octanol–water partition coefficient (Wildman–Crippen LogP) is 1.56. The lowest BCUT2D eigenvalue weighted by molar-refractivity contribution is -0.115. The topological polar surface area (TPSA) is 9.23 Å². The summed E-state index contributed by atoms with van der Waals surface area (Å²) in [6.45, 7) is 3.06. The van der Waals surface area contributed by atoms with Gasteiger partial charge in [0.1, 0.15) is 0 Å². The van der Waals surface area contributed by atoms with Gasteiger partial charge in [0.25, 0.3) is 0 Å². The molecule has 7 heavy (non-hydrogen) atoms. The first-order valence-corrected chi connectivity index (χ1v) is 3.59. The van der Waals surface area contributed by atoms with Crippen LogP contribution in [0.25, 0.3) is 0 Å². The fraction of sp³-hybridized carbons (Fsp3) is 1.00. The Morgan fingerprint density at radius 2 is 2.43 bits per heavy atom. The molecule has 0 N–H and O–H groups in total. The zero-order valence-electron chi connectivity index (χ0n) is 4.41. The van der Waals surface area contributed by atoms with Gasteiger partial charge in [-0.1, -0.05) is 15.9 Å². The Hall–Kier alpha value is 0.440. The predicted molar refractivity (Wildman–Crippen MR) is 32.8 cm³/mol. The third-order valence-electron chi connectivity index (χ3n) is 1.36. The van der Waals surface area contributed by atoms with Crippen LogP contribution in [0, 0.1) is 0 Å². The normalized spacial score (nSPS) is 40.3. The van der Waals surface area contributed by atoms with E-state index in [1.807, 2.05) is 0 Å². The minimum Gasteiger partial charge on any atom is -0.374 e. The summed E-state index contributed by atoms with van der Waals surface area (Å²) in [5, 5.41) is 0.972. The molecule has 1 saturated heterocycles. The van der Waals surface area contributed by atoms with Crippen LogP contribution in [-0.4, -0.2) is 17.5 Å². The van der Waals surface area contributed by atoms with Crippen molar-refractivity contribution in [3.8, 4) is 0 Å². The van der Waals surface area contributed by atoms with Crippen molar-refractivity contribution < 1.29 is 4.74 Å². The van der Waals surface area contributed by atoms with Crippen LogP contribution in [-0.2, 0) is 4.74 Å². The molecular formula is C5H9BrO. The van der Waals surface area contributed by atoms with Gasteiger partial charge in [-0.2, -0.15) is 0 Å². The van der Waals surface area contributed by atoms with E-state index in [1.165, 1.54) is 6.42 Å². The highest BCUT2D eigenvalue weighted by Crippen LogP contribution is 2.26. The van der Waals surface area contributed by atoms with Crippen LogP contribution in [0.1, 0.15) is 13.3 Å². The lowest BCUT2D eigenvalue weighted by atomic mass is 10.0. The molecule has 1 rings (SSSR count). The number of hydrogen-bond acceptors (Lipinski definition) is 1. The van der Waals surface area contributed by atoms with Gasteiger partial charge >= 0.3 is 0 Å². The van der Waals surface area contributed by atoms with Crippen molar-refractivity contribution in [2.45, 2.75) is 18.9 Å². The maximum Gasteiger partial charge on any atom is 0.0772 e. The zero-order chi connectivity index (χ0) is 5.33. The van der Waals surface area contributed by atoms with Crippen molar-refractivity contribution in [1.82, 2.24) is 0 Å². The fourth-order valence-electron chi connectivity index (χ4n) is 0.556. The molecule has 0 spiro atoms. The van der Waals surface area contributed by atoms with Crippen LogP contribution in [0.2, 0.25) is 0 Å². The number of halogens is 1. The van der Waals surface area contributed by atoms with Gasteiger partial charge < -0.3 is 4.74 Å². The minimum absolute atomic E-state index is 0.181. The van der Waals surface area contributed by atoms with Gasteiger partial charge in [0, 0.05) is 11.8 Å². The van der Waals surface area contributed by atoms with Crippen LogP contribution in [0.15, 0.2) is 0 Å². The summed E-state index contributed by atoms with van der Waals surface area (Å²) in [7, 11) is 0. The highest BCUT2D eigenvalue weighted by atomic mass is 79.9. The van der Waals surface area contributed by atoms with Gasteiger partial charge in [-0.15, -0.1) is 0 Å². The van der Waals surface area contributed by atoms with E-state index in [4.69, 9.17) is 4.74 Å². The summed E-state index contributed by atoms with van der Waals surface area (Å²) in [4.78, 5) is 0. The SMILES string of the molecule is C[C@]1(CBr)CCO1. The molecule has 0 aliphatic carbocycles. The van der Waals surface area contributed by atoms with E-state index in [1.54, 1.807) is 0 Å². The second-order valence-corrected chi connectivity index (χ2v) is 2.74. The summed E-state index contributed by atoms with van der Waals surface area (Å²) in [6, 6.07) is 0. The van der Waals surface area contributed by atoms with Crippen molar-refractivity contribution in [1.29, 1.82) is 0 Å². The van der Waals surface area contributed by atoms with Crippen molar-refractivity contribution in [3.63, 3.8) is 0 Å². The molecule has 1 aliphatic heterocycles. The largest absolute Gasteiger partial charge is 0.374 e. The van der Waals surface area contributed by atoms with Crippen LogP contribution >= 0.6 is 15.9 Å². The van der Waals surface area contributed by atoms with E-state index in [2.05, 4.69) is 22.9 Å². The summed E-state index contributed by atoms with van der Waals surface area (Å²) >= 11 is 3.36. The standard InChI is InChI=1S/C5H9BrO/c1-5(4-6)2-3-7-5/h2-4H2,1H3/t5-/m1/s1. The molecule has 1 fully saturated rings. The van der Waals surface area contributed by atoms with Gasteiger partial charge in [0.2, 0.25) is 0 Å². The highest BCUT2D eigenvalue weighted by molar-refractivity contribution is 9.09. The average Bonchev–Trinajstić information content (AvgIpc) is 1.61. The number of rotatable bonds is 1. The molecule has 1 nitrogen and oxygen atoms in total. The molecule has 1 aliphatic rings. The number of ether oxygens (including phenoxy) is 1. The second-order valence-electron chi connectivity index (χ2n) is 2.18. The third-order valence-corrected chi connectivity index (χ3v) is 2.55. The smallest absolute Gasteiger partial charge is 0.0772 e. The van der Waals surface area contributed by atoms with E-state index in [0.717, 1.165) is 11.9 Å². The summed E-state index contributed by atoms with van der Waals surface area (Å²) < 4.78 is 5.22. The first kappa shape index (κ1) is 5.57. The Balaban J connectivity index is 2.29. The molecular weight excluding hydrogens is 156 g/mol. The van der Waals surface area contributed by atoms with Crippen molar-refractivity contribution in [3.05, 3.63) is 0 Å². The molecule has 0 amide bonds. The molecule has 42 valence electrons. The highest BCUT2D eigenvalue weighted by Gasteiger charge is 2.31. The van der Waals surface area contributed by atoms with Crippen molar-refractivity contribution in [2.75, 3.05) is 11.9 Å².